The Morgan fingerprint density at radius 3 is 3.03 bits per heavy atom. The Morgan fingerprint density at radius 2 is 2.21 bits per heavy atom. The monoisotopic (exact) mass is 425 g/mol. The fourth-order valence-corrected chi connectivity index (χ4v) is 4.31. The Labute approximate surface area is 195 Å². The van der Waals surface area contributed by atoms with Gasteiger partial charge in [-0.2, -0.15) is 0 Å². The molecule has 3 heterocycles. The molecule has 29 heavy (non-hydrogen) atoms. The van der Waals surface area contributed by atoms with Crippen LogP contribution in [0.5, 0.6) is 11.5 Å². The van der Waals surface area contributed by atoms with E-state index < -0.39 is 10.8 Å². The van der Waals surface area contributed by atoms with Crippen molar-refractivity contribution in [2.75, 3.05) is 26.9 Å². The quantitative estimate of drug-likeness (QED) is 0.405. The molecule has 150 valence electrons. The second-order valence-electron chi connectivity index (χ2n) is 6.68. The van der Waals surface area contributed by atoms with Crippen LogP contribution in [0.25, 0.3) is 11.0 Å². The van der Waals surface area contributed by atoms with Crippen LogP contribution in [0, 0.1) is 6.92 Å². The molecule has 1 atom stereocenters. The minimum atomic E-state index is -1.34. The van der Waals surface area contributed by atoms with Gasteiger partial charge in [-0.3, -0.25) is 9.19 Å². The van der Waals surface area contributed by atoms with Gasteiger partial charge in [0.05, 0.1) is 46.5 Å². The molecule has 7 nitrogen and oxygen atoms in total. The van der Waals surface area contributed by atoms with Crippen molar-refractivity contribution >= 4 is 21.8 Å². The van der Waals surface area contributed by atoms with E-state index in [-0.39, 0.29) is 36.7 Å². The van der Waals surface area contributed by atoms with E-state index in [9.17, 15) is 4.21 Å². The summed E-state index contributed by atoms with van der Waals surface area (Å²) < 4.78 is 29.3. The molecule has 0 fully saturated rings. The van der Waals surface area contributed by atoms with Gasteiger partial charge in [-0.15, -0.1) is 0 Å². The first-order chi connectivity index (χ1) is 13.7. The van der Waals surface area contributed by atoms with Gasteiger partial charge < -0.3 is 20.6 Å². The zero-order chi connectivity index (χ0) is 19.5. The summed E-state index contributed by atoms with van der Waals surface area (Å²) in [6, 6.07) is 5.77. The zero-order valence-electron chi connectivity index (χ0n) is 18.0. The van der Waals surface area contributed by atoms with Crippen molar-refractivity contribution in [1.29, 1.82) is 0 Å². The van der Waals surface area contributed by atoms with Crippen molar-refractivity contribution in [3.63, 3.8) is 0 Å². The average molecular weight is 425 g/mol. The van der Waals surface area contributed by atoms with Crippen LogP contribution in [-0.2, 0) is 27.7 Å². The predicted octanol–water partition coefficient (Wildman–Crippen LogP) is 0.0408. The van der Waals surface area contributed by atoms with E-state index in [2.05, 4.69) is 15.0 Å². The van der Waals surface area contributed by atoms with Gasteiger partial charge in [-0.1, -0.05) is 0 Å². The number of fused-ring (bicyclic) bond motifs is 2. The fourth-order valence-electron chi connectivity index (χ4n) is 3.21. The summed E-state index contributed by atoms with van der Waals surface area (Å²) >= 11 is 0. The van der Waals surface area contributed by atoms with Crippen molar-refractivity contribution in [2.24, 2.45) is 0 Å². The van der Waals surface area contributed by atoms with E-state index in [1.165, 1.54) is 0 Å². The van der Waals surface area contributed by atoms with Crippen LogP contribution in [0.2, 0.25) is 0 Å². The van der Waals surface area contributed by atoms with Crippen LogP contribution in [-0.4, -0.2) is 46.1 Å². The normalized spacial score (nSPS) is 13.6. The number of nitrogens with one attached hydrogen (secondary N) is 1. The summed E-state index contributed by atoms with van der Waals surface area (Å²) in [6.45, 7) is 3.86. The molecular formula is C20H24N3NaO4S. The maximum Gasteiger partial charge on any atom is 1.00 e. The van der Waals surface area contributed by atoms with Crippen LogP contribution in [0.3, 0.4) is 0 Å². The molecule has 1 N–H and O–H groups in total. The number of imidazole rings is 1. The number of aromatic nitrogens is 3. The van der Waals surface area contributed by atoms with Gasteiger partial charge in [-0.25, -0.2) is 4.98 Å². The van der Waals surface area contributed by atoms with Gasteiger partial charge in [0, 0.05) is 44.4 Å². The number of rotatable bonds is 8. The zero-order valence-corrected chi connectivity index (χ0v) is 19.8. The molecule has 2 aromatic heterocycles. The minimum Gasteiger partial charge on any atom is -1.00 e. The Hall–Kier alpha value is -1.45. The first kappa shape index (κ1) is 22.2. The second kappa shape index (κ2) is 10.0. The largest absolute Gasteiger partial charge is 1.00 e. The van der Waals surface area contributed by atoms with Gasteiger partial charge in [0.25, 0.3) is 0 Å². The number of benzene rings is 1. The Kier molecular flexibility index (Phi) is 7.70. The van der Waals surface area contributed by atoms with Crippen molar-refractivity contribution in [2.45, 2.75) is 30.7 Å². The van der Waals surface area contributed by atoms with E-state index in [1.54, 1.807) is 13.3 Å². The third kappa shape index (κ3) is 5.00. The number of ether oxygens (including phenoxy) is 3. The van der Waals surface area contributed by atoms with Gasteiger partial charge in [0.1, 0.15) is 11.5 Å². The van der Waals surface area contributed by atoms with Gasteiger partial charge >= 0.3 is 29.6 Å². The van der Waals surface area contributed by atoms with Crippen molar-refractivity contribution in [3.05, 3.63) is 41.2 Å². The first-order valence-corrected chi connectivity index (χ1v) is 10.6. The van der Waals surface area contributed by atoms with E-state index in [4.69, 9.17) is 14.2 Å². The SMILES string of the molecule is COCCCOc1ccnc(C[S@@](=O)c2nc3cc4c(cc3[nH]2)CCO4)c1C.[H-].[Na+]. The summed E-state index contributed by atoms with van der Waals surface area (Å²) in [5, 5.41) is 0.450. The Bertz CT molecular complexity index is 990. The number of hydrogen-bond donors (Lipinski definition) is 1. The Balaban J connectivity index is 0.00000160. The number of H-pyrrole nitrogens is 1. The molecule has 1 aliphatic heterocycles. The summed E-state index contributed by atoms with van der Waals surface area (Å²) in [7, 11) is 0.333. The van der Waals surface area contributed by atoms with Crippen molar-refractivity contribution in [3.8, 4) is 11.5 Å². The van der Waals surface area contributed by atoms with E-state index >= 15 is 0 Å². The molecule has 9 heteroatoms. The number of hydrogen-bond acceptors (Lipinski definition) is 6. The molecule has 0 unspecified atom stereocenters. The van der Waals surface area contributed by atoms with Crippen LogP contribution in [0.1, 0.15) is 24.7 Å². The number of pyridine rings is 1. The third-order valence-electron chi connectivity index (χ3n) is 4.76. The molecule has 0 radical (unpaired) electrons. The standard InChI is InChI=1S/C20H23N3O4S.Na.H/c1-13-17(21-6-4-18(13)26-8-3-7-25-2)12-28(24)20-22-15-10-14-5-9-27-19(14)11-16(15)23-20;;/h4,6,10-11H,3,5,7-9,12H2,1-2H3,(H,22,23);;/q;+1;-1/t28-;;/m1../s1. The van der Waals surface area contributed by atoms with E-state index in [1.807, 2.05) is 25.1 Å². The average Bonchev–Trinajstić information content (AvgIpc) is 3.31. The maximum absolute atomic E-state index is 12.9. The van der Waals surface area contributed by atoms with Crippen LogP contribution < -0.4 is 39.0 Å². The van der Waals surface area contributed by atoms with Crippen LogP contribution >= 0.6 is 0 Å². The minimum absolute atomic E-state index is 0. The summed E-state index contributed by atoms with van der Waals surface area (Å²) in [5.74, 6) is 1.90. The summed E-state index contributed by atoms with van der Waals surface area (Å²) in [6.07, 6.45) is 3.39. The summed E-state index contributed by atoms with van der Waals surface area (Å²) in [5.41, 5.74) is 4.45. The fraction of sp³-hybridized carbons (Fsp3) is 0.400. The molecule has 3 aromatic rings. The molecular weight excluding hydrogens is 401 g/mol. The molecule has 0 saturated heterocycles. The number of nitrogens with zero attached hydrogens (tertiary/aromatic N) is 2. The number of methoxy groups -OCH3 is 1. The molecule has 0 amide bonds. The summed E-state index contributed by atoms with van der Waals surface area (Å²) in [4.78, 5) is 12.1. The molecule has 1 aromatic carbocycles. The number of aromatic amines is 1. The smallest absolute Gasteiger partial charge is 1.00 e. The second-order valence-corrected chi connectivity index (χ2v) is 8.05. The molecule has 4 rings (SSSR count). The molecule has 1 aliphatic rings. The Morgan fingerprint density at radius 1 is 1.34 bits per heavy atom. The van der Waals surface area contributed by atoms with Gasteiger partial charge in [0.2, 0.25) is 0 Å². The predicted molar refractivity (Wildman–Crippen MR) is 107 cm³/mol. The maximum atomic E-state index is 12.9. The molecule has 0 spiro atoms. The van der Waals surface area contributed by atoms with E-state index in [0.717, 1.165) is 52.2 Å². The first-order valence-electron chi connectivity index (χ1n) is 9.25. The molecule has 0 aliphatic carbocycles. The van der Waals surface area contributed by atoms with Crippen LogP contribution in [0.4, 0.5) is 0 Å². The van der Waals surface area contributed by atoms with Crippen LogP contribution in [0.15, 0.2) is 29.6 Å². The third-order valence-corrected chi connectivity index (χ3v) is 5.92. The van der Waals surface area contributed by atoms with Crippen molar-refractivity contribution in [1.82, 2.24) is 15.0 Å². The van der Waals surface area contributed by atoms with Gasteiger partial charge in [-0.05, 0) is 24.6 Å². The van der Waals surface area contributed by atoms with Crippen molar-refractivity contribution < 1.29 is 49.4 Å². The van der Waals surface area contributed by atoms with E-state index in [0.29, 0.717) is 25.0 Å². The van der Waals surface area contributed by atoms with Gasteiger partial charge in [0.15, 0.2) is 5.16 Å². The molecule has 0 saturated carbocycles. The molecule has 0 bridgehead atoms. The topological polar surface area (TPSA) is 86.3 Å².